The molecule has 0 saturated heterocycles. The molecule has 2 heteroatoms. The predicted molar refractivity (Wildman–Crippen MR) is 61.2 cm³/mol. The number of rotatable bonds is 4. The summed E-state index contributed by atoms with van der Waals surface area (Å²) in [6.07, 6.45) is 2.34. The molecule has 0 aliphatic heterocycles. The van der Waals surface area contributed by atoms with Gasteiger partial charge in [-0.2, -0.15) is 12.6 Å². The van der Waals surface area contributed by atoms with Crippen molar-refractivity contribution in [3.05, 3.63) is 35.4 Å². The molecule has 0 radical (unpaired) electrons. The summed E-state index contributed by atoms with van der Waals surface area (Å²) in [6.45, 7) is 2.19. The Balaban J connectivity index is 2.69. The highest BCUT2D eigenvalue weighted by Crippen LogP contribution is 2.13. The van der Waals surface area contributed by atoms with Crippen LogP contribution in [0.15, 0.2) is 24.3 Å². The van der Waals surface area contributed by atoms with Crippen molar-refractivity contribution in [3.63, 3.8) is 0 Å². The van der Waals surface area contributed by atoms with E-state index in [2.05, 4.69) is 43.8 Å². The molecule has 1 nitrogen and oxygen atoms in total. The molecule has 0 heterocycles. The summed E-state index contributed by atoms with van der Waals surface area (Å²) in [6, 6.07) is 8.58. The third-order valence-corrected chi connectivity index (χ3v) is 2.54. The Labute approximate surface area is 85.8 Å². The van der Waals surface area contributed by atoms with Gasteiger partial charge in [-0.3, -0.25) is 0 Å². The van der Waals surface area contributed by atoms with Crippen LogP contribution in [0.3, 0.4) is 0 Å². The molecule has 72 valence electrons. The summed E-state index contributed by atoms with van der Waals surface area (Å²) in [5, 5.41) is 0. The Morgan fingerprint density at radius 3 is 2.38 bits per heavy atom. The normalized spacial score (nSPS) is 12.8. The first-order valence-corrected chi connectivity index (χ1v) is 5.36. The Kier molecular flexibility index (Phi) is 4.33. The van der Waals surface area contributed by atoms with E-state index in [0.717, 1.165) is 6.42 Å². The highest BCUT2D eigenvalue weighted by atomic mass is 32.1. The Morgan fingerprint density at radius 2 is 1.92 bits per heavy atom. The number of hydrogen-bond acceptors (Lipinski definition) is 2. The molecular weight excluding hydrogens is 178 g/mol. The second-order valence-electron chi connectivity index (χ2n) is 3.28. The van der Waals surface area contributed by atoms with Crippen molar-refractivity contribution in [3.8, 4) is 0 Å². The average molecular weight is 195 g/mol. The van der Waals surface area contributed by atoms with Crippen LogP contribution >= 0.6 is 12.6 Å². The topological polar surface area (TPSA) is 26.0 Å². The zero-order valence-corrected chi connectivity index (χ0v) is 8.93. The molecule has 0 spiro atoms. The summed E-state index contributed by atoms with van der Waals surface area (Å²) in [5.41, 5.74) is 8.40. The first-order chi connectivity index (χ1) is 6.27. The third-order valence-electron chi connectivity index (χ3n) is 2.14. The number of nitrogens with two attached hydrogens (primary N) is 1. The Hall–Kier alpha value is -0.470. The van der Waals surface area contributed by atoms with E-state index in [1.807, 2.05) is 0 Å². The van der Waals surface area contributed by atoms with Gasteiger partial charge in [0.25, 0.3) is 0 Å². The van der Waals surface area contributed by atoms with E-state index in [-0.39, 0.29) is 6.04 Å². The molecular formula is C11H17NS. The third kappa shape index (κ3) is 3.05. The molecule has 0 aromatic heterocycles. The molecule has 0 amide bonds. The van der Waals surface area contributed by atoms with Crippen LogP contribution in [0.4, 0.5) is 0 Å². The lowest BCUT2D eigenvalue weighted by molar-refractivity contribution is 0.831. The van der Waals surface area contributed by atoms with Gasteiger partial charge in [-0.15, -0.1) is 0 Å². The van der Waals surface area contributed by atoms with E-state index >= 15 is 0 Å². The predicted octanol–water partition coefficient (Wildman–Crippen LogP) is 2.57. The lowest BCUT2D eigenvalue weighted by Gasteiger charge is -2.08. The fourth-order valence-electron chi connectivity index (χ4n) is 1.33. The van der Waals surface area contributed by atoms with Gasteiger partial charge in [0.2, 0.25) is 0 Å². The monoisotopic (exact) mass is 195 g/mol. The summed E-state index contributed by atoms with van der Waals surface area (Å²) < 4.78 is 0. The van der Waals surface area contributed by atoms with Crippen LogP contribution in [0.25, 0.3) is 0 Å². The van der Waals surface area contributed by atoms with Gasteiger partial charge in [0.1, 0.15) is 0 Å². The average Bonchev–Trinajstić information content (AvgIpc) is 2.18. The Morgan fingerprint density at radius 1 is 1.31 bits per heavy atom. The van der Waals surface area contributed by atoms with Crippen molar-refractivity contribution in [2.24, 2.45) is 5.73 Å². The fourth-order valence-corrected chi connectivity index (χ4v) is 1.54. The van der Waals surface area contributed by atoms with Gasteiger partial charge in [0.15, 0.2) is 0 Å². The second kappa shape index (κ2) is 5.30. The Bertz CT molecular complexity index is 243. The molecule has 1 aromatic rings. The number of aryl methyl sites for hydroxylation is 1. The maximum atomic E-state index is 5.84. The van der Waals surface area contributed by atoms with Crippen LogP contribution in [0.1, 0.15) is 30.5 Å². The minimum absolute atomic E-state index is 0.0685. The van der Waals surface area contributed by atoms with E-state index in [1.165, 1.54) is 17.5 Å². The van der Waals surface area contributed by atoms with Crippen molar-refractivity contribution in [1.82, 2.24) is 0 Å². The molecule has 2 N–H and O–H groups in total. The molecule has 0 fully saturated rings. The fraction of sp³-hybridized carbons (Fsp3) is 0.455. The molecule has 1 unspecified atom stereocenters. The zero-order chi connectivity index (χ0) is 9.68. The van der Waals surface area contributed by atoms with E-state index < -0.39 is 0 Å². The van der Waals surface area contributed by atoms with Crippen molar-refractivity contribution in [2.45, 2.75) is 25.8 Å². The maximum absolute atomic E-state index is 5.84. The molecule has 0 saturated carbocycles. The molecule has 0 bridgehead atoms. The summed E-state index contributed by atoms with van der Waals surface area (Å²) in [5.74, 6) is 0.702. The van der Waals surface area contributed by atoms with E-state index in [1.54, 1.807) is 0 Å². The van der Waals surface area contributed by atoms with Crippen LogP contribution < -0.4 is 5.73 Å². The van der Waals surface area contributed by atoms with Crippen LogP contribution in [0.2, 0.25) is 0 Å². The van der Waals surface area contributed by atoms with Gasteiger partial charge in [-0.1, -0.05) is 37.6 Å². The van der Waals surface area contributed by atoms with Crippen LogP contribution in [-0.4, -0.2) is 5.75 Å². The SMILES string of the molecule is CCCc1ccc(C(N)CS)cc1. The van der Waals surface area contributed by atoms with Crippen LogP contribution in [0, 0.1) is 0 Å². The minimum Gasteiger partial charge on any atom is -0.323 e. The van der Waals surface area contributed by atoms with Crippen molar-refractivity contribution in [1.29, 1.82) is 0 Å². The highest BCUT2D eigenvalue weighted by molar-refractivity contribution is 7.80. The van der Waals surface area contributed by atoms with Crippen LogP contribution in [0.5, 0.6) is 0 Å². The molecule has 0 aliphatic carbocycles. The van der Waals surface area contributed by atoms with Gasteiger partial charge < -0.3 is 5.73 Å². The lowest BCUT2D eigenvalue weighted by atomic mass is 10.0. The zero-order valence-electron chi connectivity index (χ0n) is 8.03. The minimum atomic E-state index is 0.0685. The highest BCUT2D eigenvalue weighted by Gasteiger charge is 2.02. The lowest BCUT2D eigenvalue weighted by Crippen LogP contribution is -2.11. The largest absolute Gasteiger partial charge is 0.323 e. The van der Waals surface area contributed by atoms with Gasteiger partial charge in [0, 0.05) is 11.8 Å². The summed E-state index contributed by atoms with van der Waals surface area (Å²) in [7, 11) is 0. The first-order valence-electron chi connectivity index (χ1n) is 4.73. The maximum Gasteiger partial charge on any atom is 0.0384 e. The first kappa shape index (κ1) is 10.6. The summed E-state index contributed by atoms with van der Waals surface area (Å²) >= 11 is 4.17. The van der Waals surface area contributed by atoms with E-state index in [0.29, 0.717) is 5.75 Å². The quantitative estimate of drug-likeness (QED) is 0.710. The second-order valence-corrected chi connectivity index (χ2v) is 3.65. The van der Waals surface area contributed by atoms with Crippen molar-refractivity contribution in [2.75, 3.05) is 5.75 Å². The number of thiol groups is 1. The van der Waals surface area contributed by atoms with Gasteiger partial charge in [0.05, 0.1) is 0 Å². The standard InChI is InChI=1S/C11H17NS/c1-2-3-9-4-6-10(7-5-9)11(12)8-13/h4-7,11,13H,2-3,8,12H2,1H3. The summed E-state index contributed by atoms with van der Waals surface area (Å²) in [4.78, 5) is 0. The van der Waals surface area contributed by atoms with Gasteiger partial charge >= 0.3 is 0 Å². The molecule has 0 aliphatic rings. The van der Waals surface area contributed by atoms with Gasteiger partial charge in [-0.25, -0.2) is 0 Å². The number of benzene rings is 1. The molecule has 1 aromatic carbocycles. The van der Waals surface area contributed by atoms with E-state index in [9.17, 15) is 0 Å². The molecule has 1 rings (SSSR count). The molecule has 1 atom stereocenters. The van der Waals surface area contributed by atoms with Crippen LogP contribution in [-0.2, 0) is 6.42 Å². The smallest absolute Gasteiger partial charge is 0.0384 e. The van der Waals surface area contributed by atoms with Crippen molar-refractivity contribution < 1.29 is 0 Å². The van der Waals surface area contributed by atoms with Gasteiger partial charge in [-0.05, 0) is 17.5 Å². The molecule has 13 heavy (non-hydrogen) atoms. The number of hydrogen-bond donors (Lipinski definition) is 2. The van der Waals surface area contributed by atoms with Crippen molar-refractivity contribution >= 4 is 12.6 Å². The van der Waals surface area contributed by atoms with E-state index in [4.69, 9.17) is 5.73 Å².